The molecule has 1 aromatic carbocycles. The third kappa shape index (κ3) is 4.91. The summed E-state index contributed by atoms with van der Waals surface area (Å²) in [5, 5.41) is 4.96. The smallest absolute Gasteiger partial charge is 0.328 e. The fraction of sp³-hybridized carbons (Fsp3) is 0.438. The number of hydrogen-bond acceptors (Lipinski definition) is 6. The lowest BCUT2D eigenvalue weighted by Crippen LogP contribution is -2.44. The van der Waals surface area contributed by atoms with E-state index in [-0.39, 0.29) is 18.2 Å². The van der Waals surface area contributed by atoms with Gasteiger partial charge in [0.15, 0.2) is 0 Å². The Morgan fingerprint density at radius 3 is 2.88 bits per heavy atom. The minimum Gasteiger partial charge on any atom is -0.467 e. The van der Waals surface area contributed by atoms with Crippen LogP contribution in [0.4, 0.5) is 5.69 Å². The molecule has 8 heteroatoms. The van der Waals surface area contributed by atoms with Crippen molar-refractivity contribution < 1.29 is 19.1 Å². The van der Waals surface area contributed by atoms with E-state index in [0.717, 1.165) is 16.3 Å². The van der Waals surface area contributed by atoms with Gasteiger partial charge in [-0.3, -0.25) is 9.59 Å². The summed E-state index contributed by atoms with van der Waals surface area (Å²) in [5.41, 5.74) is 0.761. The molecule has 0 radical (unpaired) electrons. The van der Waals surface area contributed by atoms with Crippen molar-refractivity contribution in [2.45, 2.75) is 29.0 Å². The first-order valence-corrected chi connectivity index (χ1v) is 9.75. The van der Waals surface area contributed by atoms with Crippen molar-refractivity contribution in [2.75, 3.05) is 24.4 Å². The number of anilines is 1. The second kappa shape index (κ2) is 8.98. The van der Waals surface area contributed by atoms with Gasteiger partial charge in [-0.25, -0.2) is 4.79 Å². The fourth-order valence-corrected chi connectivity index (χ4v) is 3.86. The average molecular weight is 368 g/mol. The number of carbonyl (C=O) groups is 3. The van der Waals surface area contributed by atoms with E-state index >= 15 is 0 Å². The van der Waals surface area contributed by atoms with Crippen LogP contribution in [0.3, 0.4) is 0 Å². The van der Waals surface area contributed by atoms with E-state index in [2.05, 4.69) is 10.6 Å². The molecule has 2 amide bonds. The minimum absolute atomic E-state index is 0.0115. The number of methoxy groups -OCH3 is 1. The molecule has 2 N–H and O–H groups in total. The number of amides is 2. The second-order valence-electron chi connectivity index (χ2n) is 5.22. The summed E-state index contributed by atoms with van der Waals surface area (Å²) in [6.07, 6.45) is 2.43. The van der Waals surface area contributed by atoms with E-state index in [0.29, 0.717) is 6.42 Å². The molecule has 0 aromatic heterocycles. The van der Waals surface area contributed by atoms with E-state index in [1.807, 2.05) is 30.5 Å². The SMILES string of the molecule is COC(=O)[C@H](CCSC)NC(=O)C[C@H]1Sc2ccccc2NC1=O. The van der Waals surface area contributed by atoms with Crippen molar-refractivity contribution in [3.63, 3.8) is 0 Å². The Morgan fingerprint density at radius 1 is 1.42 bits per heavy atom. The van der Waals surface area contributed by atoms with Crippen LogP contribution in [0.25, 0.3) is 0 Å². The number of rotatable bonds is 7. The molecule has 0 spiro atoms. The Kier molecular flexibility index (Phi) is 6.99. The fourth-order valence-electron chi connectivity index (χ4n) is 2.28. The highest BCUT2D eigenvalue weighted by Gasteiger charge is 2.30. The zero-order chi connectivity index (χ0) is 17.5. The first-order chi connectivity index (χ1) is 11.5. The molecule has 6 nitrogen and oxygen atoms in total. The second-order valence-corrected chi connectivity index (χ2v) is 7.45. The van der Waals surface area contributed by atoms with Crippen LogP contribution >= 0.6 is 23.5 Å². The molecule has 0 unspecified atom stereocenters. The van der Waals surface area contributed by atoms with Gasteiger partial charge in [-0.1, -0.05) is 12.1 Å². The van der Waals surface area contributed by atoms with Gasteiger partial charge in [0.05, 0.1) is 18.0 Å². The van der Waals surface area contributed by atoms with Crippen LogP contribution in [0.5, 0.6) is 0 Å². The highest BCUT2D eigenvalue weighted by atomic mass is 32.2. The molecule has 2 atom stereocenters. The third-order valence-corrected chi connectivity index (χ3v) is 5.43. The van der Waals surface area contributed by atoms with Gasteiger partial charge in [0.25, 0.3) is 0 Å². The summed E-state index contributed by atoms with van der Waals surface area (Å²) in [6, 6.07) is 6.78. The van der Waals surface area contributed by atoms with E-state index in [1.54, 1.807) is 11.8 Å². The number of ether oxygens (including phenoxy) is 1. The first-order valence-electron chi connectivity index (χ1n) is 7.47. The number of benzene rings is 1. The van der Waals surface area contributed by atoms with Crippen LogP contribution in [0.15, 0.2) is 29.2 Å². The molecule has 24 heavy (non-hydrogen) atoms. The predicted octanol–water partition coefficient (Wildman–Crippen LogP) is 1.90. The van der Waals surface area contributed by atoms with E-state index in [4.69, 9.17) is 4.74 Å². The van der Waals surface area contributed by atoms with Gasteiger partial charge >= 0.3 is 5.97 Å². The zero-order valence-electron chi connectivity index (χ0n) is 13.5. The van der Waals surface area contributed by atoms with Crippen molar-refractivity contribution >= 4 is 47.0 Å². The van der Waals surface area contributed by atoms with Crippen LogP contribution in [0.1, 0.15) is 12.8 Å². The molecule has 1 heterocycles. The summed E-state index contributed by atoms with van der Waals surface area (Å²) in [7, 11) is 1.29. The van der Waals surface area contributed by atoms with Crippen LogP contribution < -0.4 is 10.6 Å². The van der Waals surface area contributed by atoms with Gasteiger partial charge in [0, 0.05) is 11.3 Å². The van der Waals surface area contributed by atoms with E-state index in [9.17, 15) is 14.4 Å². The topological polar surface area (TPSA) is 84.5 Å². The molecular weight excluding hydrogens is 348 g/mol. The number of para-hydroxylation sites is 1. The van der Waals surface area contributed by atoms with E-state index in [1.165, 1.54) is 18.9 Å². The number of thioether (sulfide) groups is 2. The Balaban J connectivity index is 1.96. The van der Waals surface area contributed by atoms with Crippen LogP contribution in [-0.2, 0) is 19.1 Å². The number of hydrogen-bond donors (Lipinski definition) is 2. The molecule has 0 saturated heterocycles. The van der Waals surface area contributed by atoms with Crippen molar-refractivity contribution in [2.24, 2.45) is 0 Å². The molecule has 1 aliphatic rings. The lowest BCUT2D eigenvalue weighted by atomic mass is 10.2. The zero-order valence-corrected chi connectivity index (χ0v) is 15.2. The molecule has 0 saturated carbocycles. The minimum atomic E-state index is -0.682. The number of fused-ring (bicyclic) bond motifs is 1. The standard InChI is InChI=1S/C16H20N2O4S2/c1-22-16(21)11(7-8-23-2)17-14(19)9-13-15(20)18-10-5-3-4-6-12(10)24-13/h3-6,11,13H,7-9H2,1-2H3,(H,17,19)(H,18,20)/t11-,13+/m0/s1. The summed E-state index contributed by atoms with van der Waals surface area (Å²) >= 11 is 2.95. The maximum Gasteiger partial charge on any atom is 0.328 e. The van der Waals surface area contributed by atoms with Crippen LogP contribution in [0, 0.1) is 0 Å². The van der Waals surface area contributed by atoms with Gasteiger partial charge < -0.3 is 15.4 Å². The Labute approximate surface area is 149 Å². The van der Waals surface area contributed by atoms with Gasteiger partial charge in [-0.2, -0.15) is 11.8 Å². The lowest BCUT2D eigenvalue weighted by Gasteiger charge is -2.24. The number of nitrogens with one attached hydrogen (secondary N) is 2. The quantitative estimate of drug-likeness (QED) is 0.715. The summed E-state index contributed by atoms with van der Waals surface area (Å²) < 4.78 is 4.72. The molecule has 1 aliphatic heterocycles. The Bertz CT molecular complexity index is 624. The van der Waals surface area contributed by atoms with Gasteiger partial charge in [-0.05, 0) is 30.6 Å². The van der Waals surface area contributed by atoms with Crippen molar-refractivity contribution in [3.05, 3.63) is 24.3 Å². The average Bonchev–Trinajstić information content (AvgIpc) is 2.58. The first kappa shape index (κ1) is 18.7. The molecule has 1 aromatic rings. The van der Waals surface area contributed by atoms with Gasteiger partial charge in [0.2, 0.25) is 11.8 Å². The molecule has 0 aliphatic carbocycles. The Hall–Kier alpha value is -1.67. The van der Waals surface area contributed by atoms with Crippen molar-refractivity contribution in [1.82, 2.24) is 5.32 Å². The number of esters is 1. The largest absolute Gasteiger partial charge is 0.467 e. The van der Waals surface area contributed by atoms with Crippen LogP contribution in [-0.4, -0.2) is 48.2 Å². The summed E-state index contributed by atoms with van der Waals surface area (Å²) in [4.78, 5) is 37.1. The monoisotopic (exact) mass is 368 g/mol. The molecule has 2 rings (SSSR count). The predicted molar refractivity (Wildman–Crippen MR) is 96.3 cm³/mol. The summed E-state index contributed by atoms with van der Waals surface area (Å²) in [6.45, 7) is 0. The molecule has 0 fully saturated rings. The molecular formula is C16H20N2O4S2. The highest BCUT2D eigenvalue weighted by Crippen LogP contribution is 2.36. The lowest BCUT2D eigenvalue weighted by molar-refractivity contribution is -0.145. The number of carbonyl (C=O) groups excluding carboxylic acids is 3. The summed E-state index contributed by atoms with van der Waals surface area (Å²) in [5.74, 6) is -0.277. The highest BCUT2D eigenvalue weighted by molar-refractivity contribution is 8.01. The van der Waals surface area contributed by atoms with Crippen molar-refractivity contribution in [1.29, 1.82) is 0 Å². The maximum atomic E-state index is 12.2. The Morgan fingerprint density at radius 2 is 2.17 bits per heavy atom. The van der Waals surface area contributed by atoms with Gasteiger partial charge in [-0.15, -0.1) is 11.8 Å². The van der Waals surface area contributed by atoms with Crippen molar-refractivity contribution in [3.8, 4) is 0 Å². The third-order valence-electron chi connectivity index (χ3n) is 3.51. The van der Waals surface area contributed by atoms with Gasteiger partial charge in [0.1, 0.15) is 6.04 Å². The maximum absolute atomic E-state index is 12.2. The normalized spacial score (nSPS) is 17.4. The van der Waals surface area contributed by atoms with E-state index < -0.39 is 17.3 Å². The molecule has 0 bridgehead atoms. The van der Waals surface area contributed by atoms with Crippen LogP contribution in [0.2, 0.25) is 0 Å². The molecule has 130 valence electrons.